The average Bonchev–Trinajstić information content (AvgIpc) is 3.28. The van der Waals surface area contributed by atoms with E-state index in [2.05, 4.69) is 39.6 Å². The molecular weight excluding hydrogens is 412 g/mol. The van der Waals surface area contributed by atoms with E-state index in [4.69, 9.17) is 14.8 Å². The lowest BCUT2D eigenvalue weighted by Crippen LogP contribution is -2.13. The van der Waals surface area contributed by atoms with Crippen LogP contribution in [0.2, 0.25) is 0 Å². The number of aryl methyl sites for hydroxylation is 1. The van der Waals surface area contributed by atoms with Crippen molar-refractivity contribution in [1.82, 2.24) is 24.6 Å². The Balaban J connectivity index is 1.30. The number of ether oxygens (including phenoxy) is 1. The quantitative estimate of drug-likeness (QED) is 0.388. The first kappa shape index (κ1) is 19.4. The summed E-state index contributed by atoms with van der Waals surface area (Å²) in [4.78, 5) is 13.6. The van der Waals surface area contributed by atoms with Gasteiger partial charge in [-0.05, 0) is 62.1 Å². The first-order valence-electron chi connectivity index (χ1n) is 11.1. The minimum atomic E-state index is 0.531. The number of fused-ring (bicyclic) bond motifs is 3. The molecule has 0 unspecified atom stereocenters. The van der Waals surface area contributed by atoms with Crippen LogP contribution in [0.5, 0.6) is 11.5 Å². The van der Waals surface area contributed by atoms with Gasteiger partial charge in [0.2, 0.25) is 5.95 Å². The summed E-state index contributed by atoms with van der Waals surface area (Å²) in [6, 6.07) is 21.7. The number of nitrogens with one attached hydrogen (secondary N) is 1. The van der Waals surface area contributed by atoms with Gasteiger partial charge in [0.25, 0.3) is 5.78 Å². The lowest BCUT2D eigenvalue weighted by atomic mass is 9.92. The average molecular weight is 435 g/mol. The summed E-state index contributed by atoms with van der Waals surface area (Å²) in [6.07, 6.45) is 7.74. The van der Waals surface area contributed by atoms with E-state index in [1.54, 1.807) is 12.4 Å². The Bertz CT molecular complexity index is 1400. The molecule has 3 aromatic heterocycles. The number of hydrogen-bond acceptors (Lipinski definition) is 6. The number of pyridine rings is 1. The number of hydrogen-bond donors (Lipinski definition) is 1. The minimum Gasteiger partial charge on any atom is -0.457 e. The monoisotopic (exact) mass is 434 g/mol. The number of anilines is 2. The molecule has 0 radical (unpaired) electrons. The molecule has 0 amide bonds. The third kappa shape index (κ3) is 3.89. The van der Waals surface area contributed by atoms with Crippen LogP contribution in [0, 0.1) is 0 Å². The molecule has 0 aliphatic heterocycles. The summed E-state index contributed by atoms with van der Waals surface area (Å²) >= 11 is 0. The van der Waals surface area contributed by atoms with Crippen LogP contribution in [0.15, 0.2) is 79.1 Å². The SMILES string of the molecule is c1ccc(-c2nc3nc(Nc4ccc(Oc5ccncc5)cc4)nn3c3c2CCCC3)cc1. The largest absolute Gasteiger partial charge is 0.457 e. The van der Waals surface area contributed by atoms with E-state index in [0.717, 1.165) is 47.7 Å². The first-order valence-corrected chi connectivity index (χ1v) is 11.1. The van der Waals surface area contributed by atoms with Crippen molar-refractivity contribution in [2.75, 3.05) is 5.32 Å². The van der Waals surface area contributed by atoms with Crippen molar-refractivity contribution in [3.05, 3.63) is 90.4 Å². The second-order valence-corrected chi connectivity index (χ2v) is 8.04. The molecule has 0 fully saturated rings. The molecule has 3 heterocycles. The Hall–Kier alpha value is -4.26. The van der Waals surface area contributed by atoms with Crippen molar-refractivity contribution in [3.8, 4) is 22.8 Å². The zero-order chi connectivity index (χ0) is 22.0. The normalized spacial score (nSPS) is 13.0. The number of aromatic nitrogens is 5. The van der Waals surface area contributed by atoms with E-state index in [-0.39, 0.29) is 0 Å². The van der Waals surface area contributed by atoms with E-state index in [9.17, 15) is 0 Å². The van der Waals surface area contributed by atoms with Gasteiger partial charge in [-0.2, -0.15) is 9.50 Å². The van der Waals surface area contributed by atoms with Gasteiger partial charge >= 0.3 is 0 Å². The second-order valence-electron chi connectivity index (χ2n) is 8.04. The van der Waals surface area contributed by atoms with Gasteiger partial charge in [-0.15, -0.1) is 5.10 Å². The van der Waals surface area contributed by atoms with Gasteiger partial charge < -0.3 is 10.1 Å². The van der Waals surface area contributed by atoms with E-state index in [1.807, 2.05) is 47.0 Å². The summed E-state index contributed by atoms with van der Waals surface area (Å²) < 4.78 is 7.74. The fourth-order valence-corrected chi connectivity index (χ4v) is 4.27. The maximum atomic E-state index is 5.84. The highest BCUT2D eigenvalue weighted by Crippen LogP contribution is 2.31. The molecule has 33 heavy (non-hydrogen) atoms. The summed E-state index contributed by atoms with van der Waals surface area (Å²) in [6.45, 7) is 0. The standard InChI is InChI=1S/C26H22N6O/c1-2-6-18(7-3-1)24-22-8-4-5-9-23(22)32-26(29-24)30-25(31-32)28-19-10-12-20(13-11-19)33-21-14-16-27-17-15-21/h1-3,6-7,10-17H,4-5,8-9H2,(H,28,31). The predicted molar refractivity (Wildman–Crippen MR) is 127 cm³/mol. The molecule has 0 atom stereocenters. The number of rotatable bonds is 5. The van der Waals surface area contributed by atoms with Gasteiger partial charge in [-0.25, -0.2) is 4.98 Å². The Kier molecular flexibility index (Phi) is 4.92. The van der Waals surface area contributed by atoms with Gasteiger partial charge in [0.15, 0.2) is 0 Å². The lowest BCUT2D eigenvalue weighted by molar-refractivity contribution is 0.482. The van der Waals surface area contributed by atoms with Crippen molar-refractivity contribution in [2.24, 2.45) is 0 Å². The molecule has 2 aromatic carbocycles. The molecule has 0 spiro atoms. The highest BCUT2D eigenvalue weighted by molar-refractivity contribution is 5.67. The number of nitrogens with zero attached hydrogens (tertiary/aromatic N) is 5. The lowest BCUT2D eigenvalue weighted by Gasteiger charge is -2.19. The van der Waals surface area contributed by atoms with Crippen LogP contribution in [0.4, 0.5) is 11.6 Å². The van der Waals surface area contributed by atoms with Gasteiger partial charge in [-0.3, -0.25) is 4.98 Å². The van der Waals surface area contributed by atoms with Crippen molar-refractivity contribution in [2.45, 2.75) is 25.7 Å². The van der Waals surface area contributed by atoms with Crippen LogP contribution >= 0.6 is 0 Å². The van der Waals surface area contributed by atoms with Crippen molar-refractivity contribution < 1.29 is 4.74 Å². The zero-order valence-corrected chi connectivity index (χ0v) is 18.0. The number of benzene rings is 2. The van der Waals surface area contributed by atoms with Gasteiger partial charge in [0.1, 0.15) is 11.5 Å². The zero-order valence-electron chi connectivity index (χ0n) is 18.0. The Morgan fingerprint density at radius 1 is 0.788 bits per heavy atom. The molecular formula is C26H22N6O. The summed E-state index contributed by atoms with van der Waals surface area (Å²) in [5, 5.41) is 8.04. The van der Waals surface area contributed by atoms with Crippen LogP contribution in [-0.4, -0.2) is 24.6 Å². The highest BCUT2D eigenvalue weighted by atomic mass is 16.5. The molecule has 7 heteroatoms. The van der Waals surface area contributed by atoms with Crippen molar-refractivity contribution in [3.63, 3.8) is 0 Å². The third-order valence-electron chi connectivity index (χ3n) is 5.83. The minimum absolute atomic E-state index is 0.531. The molecule has 1 aliphatic carbocycles. The molecule has 1 aliphatic rings. The molecule has 0 saturated carbocycles. The first-order chi connectivity index (χ1) is 16.3. The summed E-state index contributed by atoms with van der Waals surface area (Å²) in [5.74, 6) is 2.65. The van der Waals surface area contributed by atoms with Crippen LogP contribution in [0.1, 0.15) is 24.1 Å². The van der Waals surface area contributed by atoms with Gasteiger partial charge in [0, 0.05) is 29.2 Å². The topological polar surface area (TPSA) is 77.2 Å². The predicted octanol–water partition coefficient (Wildman–Crippen LogP) is 5.60. The molecule has 5 aromatic rings. The summed E-state index contributed by atoms with van der Waals surface area (Å²) in [7, 11) is 0. The van der Waals surface area contributed by atoms with E-state index < -0.39 is 0 Å². The van der Waals surface area contributed by atoms with Crippen molar-refractivity contribution >= 4 is 17.4 Å². The highest BCUT2D eigenvalue weighted by Gasteiger charge is 2.21. The molecule has 0 saturated heterocycles. The maximum Gasteiger partial charge on any atom is 0.254 e. The summed E-state index contributed by atoms with van der Waals surface area (Å²) in [5.41, 5.74) is 5.53. The Morgan fingerprint density at radius 3 is 2.36 bits per heavy atom. The van der Waals surface area contributed by atoms with Crippen LogP contribution in [0.25, 0.3) is 17.0 Å². The van der Waals surface area contributed by atoms with Gasteiger partial charge in [0.05, 0.1) is 11.4 Å². The van der Waals surface area contributed by atoms with E-state index >= 15 is 0 Å². The van der Waals surface area contributed by atoms with Crippen LogP contribution < -0.4 is 10.1 Å². The molecule has 0 bridgehead atoms. The van der Waals surface area contributed by atoms with Crippen molar-refractivity contribution in [1.29, 1.82) is 0 Å². The van der Waals surface area contributed by atoms with Gasteiger partial charge in [-0.1, -0.05) is 30.3 Å². The van der Waals surface area contributed by atoms with E-state index in [0.29, 0.717) is 11.7 Å². The molecule has 1 N–H and O–H groups in total. The second kappa shape index (κ2) is 8.35. The Labute approximate surface area is 191 Å². The smallest absolute Gasteiger partial charge is 0.254 e. The fraction of sp³-hybridized carbons (Fsp3) is 0.154. The fourth-order valence-electron chi connectivity index (χ4n) is 4.27. The molecule has 162 valence electrons. The maximum absolute atomic E-state index is 5.84. The van der Waals surface area contributed by atoms with Crippen LogP contribution in [-0.2, 0) is 12.8 Å². The van der Waals surface area contributed by atoms with Crippen LogP contribution in [0.3, 0.4) is 0 Å². The third-order valence-corrected chi connectivity index (χ3v) is 5.83. The molecule has 6 rings (SSSR count). The molecule has 7 nitrogen and oxygen atoms in total. The Morgan fingerprint density at radius 2 is 1.55 bits per heavy atom. The van der Waals surface area contributed by atoms with E-state index in [1.165, 1.54) is 17.7 Å².